The molecule has 0 N–H and O–H groups in total. The molecule has 2 aromatic rings. The molecule has 0 heterocycles. The summed E-state index contributed by atoms with van der Waals surface area (Å²) in [7, 11) is 1.54. The zero-order valence-corrected chi connectivity index (χ0v) is 18.0. The van der Waals surface area contributed by atoms with Gasteiger partial charge in [0.2, 0.25) is 0 Å². The molecule has 5 heteroatoms. The molecule has 0 fully saturated rings. The topological polar surface area (TPSA) is 49.3 Å². The Balaban J connectivity index is 1.82. The summed E-state index contributed by atoms with van der Waals surface area (Å²) in [4.78, 5) is 4.82. The first-order chi connectivity index (χ1) is 14.0. The zero-order chi connectivity index (χ0) is 21.1. The standard InChI is InChI=1S/C24H31NO4/c1-6-7-12-28-23-15-18(2)24(19(3)16-23)29-14-9-13-27-22-11-8-10-21(17-22)20(4)25-26-5/h6-8,10-11,15-17H,9,12-14H2,1-5H3/b7-6+,25-20+. The minimum absolute atomic E-state index is 0.574. The molecule has 0 unspecified atom stereocenters. The molecule has 156 valence electrons. The molecule has 29 heavy (non-hydrogen) atoms. The van der Waals surface area contributed by atoms with Crippen LogP contribution in [-0.4, -0.2) is 32.6 Å². The molecule has 0 amide bonds. The first-order valence-corrected chi connectivity index (χ1v) is 9.84. The molecule has 5 nitrogen and oxygen atoms in total. The van der Waals surface area contributed by atoms with Gasteiger partial charge in [-0.05, 0) is 63.1 Å². The molecule has 0 aliphatic heterocycles. The van der Waals surface area contributed by atoms with E-state index >= 15 is 0 Å². The van der Waals surface area contributed by atoms with E-state index in [9.17, 15) is 0 Å². The number of nitrogens with zero attached hydrogens (tertiary/aromatic N) is 1. The summed E-state index contributed by atoms with van der Waals surface area (Å²) >= 11 is 0. The molecular weight excluding hydrogens is 366 g/mol. The van der Waals surface area contributed by atoms with E-state index in [0.717, 1.165) is 46.1 Å². The molecule has 0 radical (unpaired) electrons. The van der Waals surface area contributed by atoms with E-state index in [0.29, 0.717) is 19.8 Å². The Labute approximate surface area is 173 Å². The highest BCUT2D eigenvalue weighted by atomic mass is 16.6. The fourth-order valence-corrected chi connectivity index (χ4v) is 2.89. The largest absolute Gasteiger partial charge is 0.493 e. The average Bonchev–Trinajstić information content (AvgIpc) is 2.70. The summed E-state index contributed by atoms with van der Waals surface area (Å²) in [6, 6.07) is 11.8. The first kappa shape index (κ1) is 22.3. The summed E-state index contributed by atoms with van der Waals surface area (Å²) in [6.45, 7) is 9.70. The number of aryl methyl sites for hydroxylation is 2. The van der Waals surface area contributed by atoms with Crippen molar-refractivity contribution in [2.45, 2.75) is 34.1 Å². The van der Waals surface area contributed by atoms with Gasteiger partial charge in [-0.1, -0.05) is 29.4 Å². The molecule has 2 aromatic carbocycles. The van der Waals surface area contributed by atoms with Gasteiger partial charge in [0.25, 0.3) is 0 Å². The lowest BCUT2D eigenvalue weighted by Gasteiger charge is -2.14. The van der Waals surface area contributed by atoms with E-state index in [1.165, 1.54) is 7.11 Å². The second kappa shape index (κ2) is 11.8. The Morgan fingerprint density at radius 2 is 1.69 bits per heavy atom. The van der Waals surface area contributed by atoms with Crippen molar-refractivity contribution in [1.29, 1.82) is 0 Å². The van der Waals surface area contributed by atoms with Crippen LogP contribution in [0.2, 0.25) is 0 Å². The Kier molecular flexibility index (Phi) is 9.09. The van der Waals surface area contributed by atoms with Crippen LogP contribution in [-0.2, 0) is 4.84 Å². The number of oxime groups is 1. The van der Waals surface area contributed by atoms with Crippen molar-refractivity contribution in [3.05, 3.63) is 65.2 Å². The lowest BCUT2D eigenvalue weighted by molar-refractivity contribution is 0.213. The van der Waals surface area contributed by atoms with Crippen LogP contribution in [0.3, 0.4) is 0 Å². The van der Waals surface area contributed by atoms with Gasteiger partial charge in [0.05, 0.1) is 18.9 Å². The third-order valence-corrected chi connectivity index (χ3v) is 4.30. The van der Waals surface area contributed by atoms with E-state index in [4.69, 9.17) is 19.0 Å². The average molecular weight is 398 g/mol. The molecule has 0 saturated carbocycles. The maximum absolute atomic E-state index is 5.99. The van der Waals surface area contributed by atoms with Gasteiger partial charge in [0, 0.05) is 12.0 Å². The number of rotatable bonds is 11. The third kappa shape index (κ3) is 7.18. The monoisotopic (exact) mass is 397 g/mol. The summed E-state index contributed by atoms with van der Waals surface area (Å²) in [6.07, 6.45) is 4.74. The van der Waals surface area contributed by atoms with Crippen LogP contribution in [0.4, 0.5) is 0 Å². The molecule has 0 aromatic heterocycles. The number of hydrogen-bond donors (Lipinski definition) is 0. The highest BCUT2D eigenvalue weighted by molar-refractivity contribution is 5.98. The van der Waals surface area contributed by atoms with Gasteiger partial charge in [0.15, 0.2) is 0 Å². The van der Waals surface area contributed by atoms with E-state index in [1.54, 1.807) is 0 Å². The number of hydrogen-bond acceptors (Lipinski definition) is 5. The van der Waals surface area contributed by atoms with Crippen molar-refractivity contribution in [1.82, 2.24) is 0 Å². The van der Waals surface area contributed by atoms with Gasteiger partial charge in [-0.25, -0.2) is 0 Å². The second-order valence-electron chi connectivity index (χ2n) is 6.70. The summed E-state index contributed by atoms with van der Waals surface area (Å²) in [5.41, 5.74) is 3.93. The van der Waals surface area contributed by atoms with Crippen molar-refractivity contribution >= 4 is 5.71 Å². The number of allylic oxidation sites excluding steroid dienone is 1. The Bertz CT molecular complexity index is 820. The molecule has 0 aliphatic rings. The summed E-state index contributed by atoms with van der Waals surface area (Å²) in [5, 5.41) is 3.95. The van der Waals surface area contributed by atoms with Crippen molar-refractivity contribution in [3.63, 3.8) is 0 Å². The van der Waals surface area contributed by atoms with E-state index in [1.807, 2.05) is 76.2 Å². The van der Waals surface area contributed by atoms with Gasteiger partial charge >= 0.3 is 0 Å². The minimum Gasteiger partial charge on any atom is -0.493 e. The Morgan fingerprint density at radius 1 is 0.966 bits per heavy atom. The lowest BCUT2D eigenvalue weighted by Crippen LogP contribution is -2.07. The molecule has 0 atom stereocenters. The number of benzene rings is 2. The van der Waals surface area contributed by atoms with Crippen LogP contribution >= 0.6 is 0 Å². The van der Waals surface area contributed by atoms with Crippen LogP contribution in [0, 0.1) is 13.8 Å². The van der Waals surface area contributed by atoms with Crippen LogP contribution < -0.4 is 14.2 Å². The van der Waals surface area contributed by atoms with E-state index in [-0.39, 0.29) is 0 Å². The Morgan fingerprint density at radius 3 is 2.38 bits per heavy atom. The maximum atomic E-state index is 5.99. The fourth-order valence-electron chi connectivity index (χ4n) is 2.89. The molecule has 0 aliphatic carbocycles. The highest BCUT2D eigenvalue weighted by Gasteiger charge is 2.07. The van der Waals surface area contributed by atoms with Crippen LogP contribution in [0.15, 0.2) is 53.7 Å². The minimum atomic E-state index is 0.574. The summed E-state index contributed by atoms with van der Waals surface area (Å²) in [5.74, 6) is 2.58. The quantitative estimate of drug-likeness (QED) is 0.218. The predicted molar refractivity (Wildman–Crippen MR) is 117 cm³/mol. The van der Waals surface area contributed by atoms with Gasteiger partial charge in [-0.15, -0.1) is 0 Å². The van der Waals surface area contributed by atoms with Gasteiger partial charge < -0.3 is 19.0 Å². The lowest BCUT2D eigenvalue weighted by atomic mass is 10.1. The van der Waals surface area contributed by atoms with Crippen LogP contribution in [0.1, 0.15) is 37.0 Å². The first-order valence-electron chi connectivity index (χ1n) is 9.84. The van der Waals surface area contributed by atoms with Crippen LogP contribution in [0.25, 0.3) is 0 Å². The van der Waals surface area contributed by atoms with Gasteiger partial charge in [-0.3, -0.25) is 0 Å². The Hall–Kier alpha value is -2.95. The molecule has 2 rings (SSSR count). The fraction of sp³-hybridized carbons (Fsp3) is 0.375. The van der Waals surface area contributed by atoms with Crippen LogP contribution in [0.5, 0.6) is 17.2 Å². The summed E-state index contributed by atoms with van der Waals surface area (Å²) < 4.78 is 17.6. The number of ether oxygens (including phenoxy) is 3. The highest BCUT2D eigenvalue weighted by Crippen LogP contribution is 2.28. The van der Waals surface area contributed by atoms with Gasteiger partial charge in [0.1, 0.15) is 31.0 Å². The smallest absolute Gasteiger partial charge is 0.125 e. The van der Waals surface area contributed by atoms with Crippen molar-refractivity contribution < 1.29 is 19.0 Å². The molecule has 0 saturated heterocycles. The molecule has 0 spiro atoms. The zero-order valence-electron chi connectivity index (χ0n) is 18.0. The van der Waals surface area contributed by atoms with Crippen molar-refractivity contribution in [2.75, 3.05) is 26.9 Å². The second-order valence-corrected chi connectivity index (χ2v) is 6.70. The molecule has 0 bridgehead atoms. The predicted octanol–water partition coefficient (Wildman–Crippen LogP) is 5.48. The maximum Gasteiger partial charge on any atom is 0.125 e. The SMILES string of the molecule is C/C=C/COc1cc(C)c(OCCCOc2cccc(/C(C)=N/OC)c2)c(C)c1. The van der Waals surface area contributed by atoms with E-state index < -0.39 is 0 Å². The van der Waals surface area contributed by atoms with Gasteiger partial charge in [-0.2, -0.15) is 0 Å². The normalized spacial score (nSPS) is 11.6. The third-order valence-electron chi connectivity index (χ3n) is 4.30. The molecular formula is C24H31NO4. The van der Waals surface area contributed by atoms with E-state index in [2.05, 4.69) is 5.16 Å². The van der Waals surface area contributed by atoms with Crippen molar-refractivity contribution in [2.24, 2.45) is 5.16 Å². The van der Waals surface area contributed by atoms with Crippen molar-refractivity contribution in [3.8, 4) is 17.2 Å².